The molecule has 0 unspecified atom stereocenters. The maximum Gasteiger partial charge on any atom is 0.0521 e. The van der Waals surface area contributed by atoms with Crippen molar-refractivity contribution in [2.24, 2.45) is 5.92 Å². The Morgan fingerprint density at radius 3 is 2.88 bits per heavy atom. The maximum absolute atomic E-state index is 5.26. The molecule has 2 aliphatic rings. The Morgan fingerprint density at radius 1 is 1.50 bits per heavy atom. The molecule has 2 aliphatic heterocycles. The molecule has 1 N–H and O–H groups in total. The topological polar surface area (TPSA) is 21.3 Å². The third-order valence-corrected chi connectivity index (χ3v) is 2.12. The largest absolute Gasteiger partial charge is 0.381 e. The molecule has 2 heteroatoms. The monoisotopic (exact) mass is 113 g/mol. The van der Waals surface area contributed by atoms with Crippen LogP contribution in [0, 0.1) is 5.92 Å². The third-order valence-electron chi connectivity index (χ3n) is 2.12. The van der Waals surface area contributed by atoms with Crippen LogP contribution >= 0.6 is 0 Å². The van der Waals surface area contributed by atoms with Gasteiger partial charge in [0.15, 0.2) is 0 Å². The van der Waals surface area contributed by atoms with Crippen molar-refractivity contribution in [3.05, 3.63) is 0 Å². The van der Waals surface area contributed by atoms with Crippen LogP contribution < -0.4 is 5.32 Å². The zero-order valence-electron chi connectivity index (χ0n) is 4.89. The van der Waals surface area contributed by atoms with E-state index >= 15 is 0 Å². The molecular formula is C6H11NO. The van der Waals surface area contributed by atoms with Gasteiger partial charge >= 0.3 is 0 Å². The number of hydrogen-bond donors (Lipinski definition) is 1. The van der Waals surface area contributed by atoms with Gasteiger partial charge < -0.3 is 10.1 Å². The van der Waals surface area contributed by atoms with Gasteiger partial charge in [-0.1, -0.05) is 0 Å². The molecule has 0 amide bonds. The third kappa shape index (κ3) is 0.565. The molecule has 2 fully saturated rings. The smallest absolute Gasteiger partial charge is 0.0521 e. The molecule has 46 valence electrons. The average Bonchev–Trinajstić information content (AvgIpc) is 1.72. The van der Waals surface area contributed by atoms with Crippen LogP contribution in [0.25, 0.3) is 0 Å². The van der Waals surface area contributed by atoms with Crippen LogP contribution in [0.15, 0.2) is 0 Å². The molecule has 0 aromatic rings. The first-order valence-corrected chi connectivity index (χ1v) is 3.28. The van der Waals surface area contributed by atoms with Gasteiger partial charge in [-0.3, -0.25) is 0 Å². The van der Waals surface area contributed by atoms with Crippen molar-refractivity contribution in [2.45, 2.75) is 12.5 Å². The summed E-state index contributed by atoms with van der Waals surface area (Å²) in [6.45, 7) is 3.15. The first kappa shape index (κ1) is 4.77. The summed E-state index contributed by atoms with van der Waals surface area (Å²) in [5, 5.41) is 3.37. The van der Waals surface area contributed by atoms with E-state index in [2.05, 4.69) is 5.32 Å². The Labute approximate surface area is 49.2 Å². The fraction of sp³-hybridized carbons (Fsp3) is 1.00. The molecule has 0 aromatic heterocycles. The van der Waals surface area contributed by atoms with E-state index in [0.29, 0.717) is 0 Å². The Kier molecular flexibility index (Phi) is 1.02. The molecule has 0 aromatic carbocycles. The highest BCUT2D eigenvalue weighted by molar-refractivity contribution is 4.89. The van der Waals surface area contributed by atoms with Crippen LogP contribution in [0.2, 0.25) is 0 Å². The second-order valence-corrected chi connectivity index (χ2v) is 2.64. The lowest BCUT2D eigenvalue weighted by molar-refractivity contribution is -0.00410. The summed E-state index contributed by atoms with van der Waals surface area (Å²) in [7, 11) is 0. The zero-order chi connectivity index (χ0) is 5.40. The van der Waals surface area contributed by atoms with E-state index in [1.165, 1.54) is 13.0 Å². The van der Waals surface area contributed by atoms with E-state index in [-0.39, 0.29) is 0 Å². The summed E-state index contributed by atoms with van der Waals surface area (Å²) in [4.78, 5) is 0. The van der Waals surface area contributed by atoms with Gasteiger partial charge in [0.05, 0.1) is 6.61 Å². The lowest BCUT2D eigenvalue weighted by Gasteiger charge is -2.41. The average molecular weight is 113 g/mol. The van der Waals surface area contributed by atoms with Crippen molar-refractivity contribution in [2.75, 3.05) is 19.8 Å². The van der Waals surface area contributed by atoms with Gasteiger partial charge in [-0.2, -0.15) is 0 Å². The minimum atomic E-state index is 0.809. The zero-order valence-corrected chi connectivity index (χ0v) is 4.89. The van der Waals surface area contributed by atoms with E-state index in [1.54, 1.807) is 0 Å². The summed E-state index contributed by atoms with van der Waals surface area (Å²) >= 11 is 0. The first-order valence-electron chi connectivity index (χ1n) is 3.28. The molecular weight excluding hydrogens is 102 g/mol. The molecule has 2 rings (SSSR count). The molecule has 2 saturated heterocycles. The van der Waals surface area contributed by atoms with Gasteiger partial charge in [-0.25, -0.2) is 0 Å². The Bertz CT molecular complexity index is 82.5. The van der Waals surface area contributed by atoms with E-state index in [9.17, 15) is 0 Å². The highest BCUT2D eigenvalue weighted by Gasteiger charge is 2.32. The molecule has 0 radical (unpaired) electrons. The molecule has 2 heterocycles. The van der Waals surface area contributed by atoms with Gasteiger partial charge in [-0.15, -0.1) is 0 Å². The summed E-state index contributed by atoms with van der Waals surface area (Å²) in [5.74, 6) is 0.851. The minimum Gasteiger partial charge on any atom is -0.381 e. The number of fused-ring (bicyclic) bond motifs is 1. The van der Waals surface area contributed by atoms with Crippen molar-refractivity contribution in [3.8, 4) is 0 Å². The summed E-state index contributed by atoms with van der Waals surface area (Å²) < 4.78 is 5.26. The number of rotatable bonds is 0. The minimum absolute atomic E-state index is 0.809. The van der Waals surface area contributed by atoms with E-state index in [1.807, 2.05) is 0 Å². The number of ether oxygens (including phenoxy) is 1. The quantitative estimate of drug-likeness (QED) is 0.477. The highest BCUT2D eigenvalue weighted by Crippen LogP contribution is 2.20. The van der Waals surface area contributed by atoms with Crippen LogP contribution in [0.3, 0.4) is 0 Å². The number of nitrogens with one attached hydrogen (secondary N) is 1. The van der Waals surface area contributed by atoms with Crippen molar-refractivity contribution in [1.82, 2.24) is 5.32 Å². The summed E-state index contributed by atoms with van der Waals surface area (Å²) in [6, 6.07) is 0.809. The second-order valence-electron chi connectivity index (χ2n) is 2.64. The van der Waals surface area contributed by atoms with Gasteiger partial charge in [-0.05, 0) is 6.42 Å². The lowest BCUT2D eigenvalue weighted by Crippen LogP contribution is -2.57. The Hall–Kier alpha value is -0.0800. The summed E-state index contributed by atoms with van der Waals surface area (Å²) in [5.41, 5.74) is 0. The Balaban J connectivity index is 1.92. The van der Waals surface area contributed by atoms with Gasteiger partial charge in [0.25, 0.3) is 0 Å². The predicted molar refractivity (Wildman–Crippen MR) is 30.7 cm³/mol. The van der Waals surface area contributed by atoms with E-state index < -0.39 is 0 Å². The molecule has 8 heavy (non-hydrogen) atoms. The van der Waals surface area contributed by atoms with Crippen LogP contribution in [-0.2, 0) is 4.74 Å². The SMILES string of the molecule is C1C[C@H]2NC[C@H]2CO1. The fourth-order valence-corrected chi connectivity index (χ4v) is 1.41. The number of hydrogen-bond acceptors (Lipinski definition) is 2. The molecule has 0 saturated carbocycles. The molecule has 2 nitrogen and oxygen atoms in total. The fourth-order valence-electron chi connectivity index (χ4n) is 1.41. The second kappa shape index (κ2) is 1.71. The lowest BCUT2D eigenvalue weighted by atomic mass is 9.89. The van der Waals surface area contributed by atoms with Crippen LogP contribution in [-0.4, -0.2) is 25.8 Å². The van der Waals surface area contributed by atoms with Crippen molar-refractivity contribution in [3.63, 3.8) is 0 Å². The van der Waals surface area contributed by atoms with Gasteiger partial charge in [0, 0.05) is 25.1 Å². The van der Waals surface area contributed by atoms with Gasteiger partial charge in [0.2, 0.25) is 0 Å². The predicted octanol–water partition coefficient (Wildman–Crippen LogP) is -0.00530. The van der Waals surface area contributed by atoms with Crippen LogP contribution in [0.1, 0.15) is 6.42 Å². The van der Waals surface area contributed by atoms with Gasteiger partial charge in [0.1, 0.15) is 0 Å². The van der Waals surface area contributed by atoms with E-state index in [4.69, 9.17) is 4.74 Å². The Morgan fingerprint density at radius 2 is 2.50 bits per heavy atom. The van der Waals surface area contributed by atoms with Crippen molar-refractivity contribution in [1.29, 1.82) is 0 Å². The molecule has 0 spiro atoms. The van der Waals surface area contributed by atoms with Crippen molar-refractivity contribution >= 4 is 0 Å². The maximum atomic E-state index is 5.26. The molecule has 0 bridgehead atoms. The van der Waals surface area contributed by atoms with Crippen molar-refractivity contribution < 1.29 is 4.74 Å². The van der Waals surface area contributed by atoms with Crippen LogP contribution in [0.5, 0.6) is 0 Å². The molecule has 0 aliphatic carbocycles. The summed E-state index contributed by atoms with van der Waals surface area (Å²) in [6.07, 6.45) is 1.23. The molecule has 2 atom stereocenters. The van der Waals surface area contributed by atoms with Crippen LogP contribution in [0.4, 0.5) is 0 Å². The normalized spacial score (nSPS) is 45.0. The first-order chi connectivity index (χ1) is 3.97. The van der Waals surface area contributed by atoms with E-state index in [0.717, 1.165) is 25.2 Å². The standard InChI is InChI=1S/C6H11NO/c1-2-8-4-5-3-7-6(1)5/h5-7H,1-4H2/t5-,6+/m0/s1. The highest BCUT2D eigenvalue weighted by atomic mass is 16.5.